The highest BCUT2D eigenvalue weighted by Gasteiger charge is 2.16. The molecule has 0 heterocycles. The molecule has 3 rings (SSSR count). The number of hydrogen-bond acceptors (Lipinski definition) is 5. The van der Waals surface area contributed by atoms with Crippen LogP contribution in [0.5, 0.6) is 5.75 Å². The Morgan fingerprint density at radius 2 is 1.66 bits per heavy atom. The number of anilines is 2. The van der Waals surface area contributed by atoms with Crippen LogP contribution in [0.1, 0.15) is 15.9 Å². The number of amides is 1. The Bertz CT molecular complexity index is 995. The van der Waals surface area contributed by atoms with E-state index in [0.29, 0.717) is 27.6 Å². The molecule has 0 saturated carbocycles. The fourth-order valence-electron chi connectivity index (χ4n) is 2.63. The Morgan fingerprint density at radius 1 is 0.966 bits per heavy atom. The van der Waals surface area contributed by atoms with Crippen molar-refractivity contribution in [2.24, 2.45) is 0 Å². The number of ether oxygens (including phenoxy) is 1. The van der Waals surface area contributed by atoms with E-state index in [1.807, 2.05) is 24.5 Å². The predicted molar refractivity (Wildman–Crippen MR) is 119 cm³/mol. The van der Waals surface area contributed by atoms with Gasteiger partial charge in [-0.1, -0.05) is 53.9 Å². The van der Waals surface area contributed by atoms with Gasteiger partial charge in [-0.2, -0.15) is 0 Å². The maximum atomic E-state index is 12.8. The Kier molecular flexibility index (Phi) is 7.16. The second-order valence-corrected chi connectivity index (χ2v) is 7.10. The average Bonchev–Trinajstić information content (AvgIpc) is 2.74. The van der Waals surface area contributed by atoms with Crippen LogP contribution in [0.3, 0.4) is 0 Å². The van der Waals surface area contributed by atoms with E-state index in [-0.39, 0.29) is 18.3 Å². The maximum Gasteiger partial charge on any atom is 0.262 e. The lowest BCUT2D eigenvalue weighted by atomic mass is 10.0. The third-order valence-corrected chi connectivity index (χ3v) is 4.64. The molecule has 0 bridgehead atoms. The molecular formula is C22H19ClN2O3S. The monoisotopic (exact) mass is 426 g/mol. The van der Waals surface area contributed by atoms with Crippen LogP contribution in [0.2, 0.25) is 5.02 Å². The van der Waals surface area contributed by atoms with Crippen molar-refractivity contribution in [2.75, 3.05) is 22.9 Å². The zero-order valence-corrected chi connectivity index (χ0v) is 17.2. The molecule has 0 unspecified atom stereocenters. The summed E-state index contributed by atoms with van der Waals surface area (Å²) in [7, 11) is 0. The lowest BCUT2D eigenvalue weighted by Gasteiger charge is -2.12. The molecule has 3 aromatic carbocycles. The molecule has 29 heavy (non-hydrogen) atoms. The van der Waals surface area contributed by atoms with Crippen molar-refractivity contribution in [1.82, 2.24) is 0 Å². The highest BCUT2D eigenvalue weighted by Crippen LogP contribution is 2.26. The summed E-state index contributed by atoms with van der Waals surface area (Å²) >= 11 is 7.55. The molecule has 7 heteroatoms. The number of halogens is 1. The third kappa shape index (κ3) is 5.76. The third-order valence-electron chi connectivity index (χ3n) is 3.97. The van der Waals surface area contributed by atoms with Crippen molar-refractivity contribution in [3.63, 3.8) is 0 Å². The van der Waals surface area contributed by atoms with Gasteiger partial charge in [0.25, 0.3) is 5.91 Å². The van der Waals surface area contributed by atoms with Crippen LogP contribution in [0.25, 0.3) is 0 Å². The van der Waals surface area contributed by atoms with Gasteiger partial charge < -0.3 is 14.8 Å². The summed E-state index contributed by atoms with van der Waals surface area (Å²) in [5.74, 6) is -0.248. The van der Waals surface area contributed by atoms with Crippen molar-refractivity contribution in [3.05, 3.63) is 88.9 Å². The molecule has 0 saturated heterocycles. The Hall–Kier alpha value is -2.96. The molecule has 0 aromatic heterocycles. The van der Waals surface area contributed by atoms with E-state index in [9.17, 15) is 9.59 Å². The van der Waals surface area contributed by atoms with Gasteiger partial charge in [-0.15, -0.1) is 0 Å². The van der Waals surface area contributed by atoms with E-state index < -0.39 is 0 Å². The van der Waals surface area contributed by atoms with Crippen LogP contribution in [-0.4, -0.2) is 24.6 Å². The van der Waals surface area contributed by atoms with Gasteiger partial charge in [-0.3, -0.25) is 9.59 Å². The number of hydrogen-bond donors (Lipinski definition) is 2. The molecular weight excluding hydrogens is 408 g/mol. The van der Waals surface area contributed by atoms with E-state index in [1.165, 1.54) is 11.9 Å². The van der Waals surface area contributed by atoms with Crippen LogP contribution < -0.4 is 14.8 Å². The topological polar surface area (TPSA) is 67.4 Å². The average molecular weight is 427 g/mol. The van der Waals surface area contributed by atoms with Gasteiger partial charge in [0.1, 0.15) is 5.75 Å². The van der Waals surface area contributed by atoms with E-state index in [1.54, 1.807) is 54.6 Å². The molecule has 0 fully saturated rings. The first-order valence-electron chi connectivity index (χ1n) is 8.78. The second-order valence-electron chi connectivity index (χ2n) is 6.06. The summed E-state index contributed by atoms with van der Waals surface area (Å²) in [6.45, 7) is -0.235. The van der Waals surface area contributed by atoms with Crippen molar-refractivity contribution < 1.29 is 14.3 Å². The Balaban J connectivity index is 1.67. The first kappa shape index (κ1) is 20.8. The fourth-order valence-corrected chi connectivity index (χ4v) is 3.17. The Morgan fingerprint density at radius 3 is 2.34 bits per heavy atom. The first-order valence-corrected chi connectivity index (χ1v) is 10.4. The largest absolute Gasteiger partial charge is 0.483 e. The number of carbonyl (C=O) groups excluding carboxylic acids is 2. The summed E-state index contributed by atoms with van der Waals surface area (Å²) in [5.41, 5.74) is 2.42. The van der Waals surface area contributed by atoms with E-state index in [4.69, 9.17) is 16.3 Å². The number of benzene rings is 3. The van der Waals surface area contributed by atoms with Crippen LogP contribution in [0.15, 0.2) is 72.8 Å². The van der Waals surface area contributed by atoms with Crippen molar-refractivity contribution in [1.29, 1.82) is 0 Å². The minimum Gasteiger partial charge on any atom is -0.483 e. The predicted octanol–water partition coefficient (Wildman–Crippen LogP) is 5.28. The summed E-state index contributed by atoms with van der Waals surface area (Å²) in [6.07, 6.45) is 1.93. The van der Waals surface area contributed by atoms with Gasteiger partial charge in [0, 0.05) is 28.2 Å². The number of rotatable bonds is 8. The lowest BCUT2D eigenvalue weighted by molar-refractivity contribution is -0.118. The van der Waals surface area contributed by atoms with Crippen molar-refractivity contribution in [2.45, 2.75) is 0 Å². The number of nitrogens with one attached hydrogen (secondary N) is 2. The molecule has 5 nitrogen and oxygen atoms in total. The van der Waals surface area contributed by atoms with Crippen LogP contribution >= 0.6 is 23.5 Å². The van der Waals surface area contributed by atoms with E-state index in [2.05, 4.69) is 10.0 Å². The number of ketones is 1. The molecule has 1 amide bonds. The normalized spacial score (nSPS) is 10.3. The van der Waals surface area contributed by atoms with Gasteiger partial charge in [0.05, 0.1) is 5.56 Å². The van der Waals surface area contributed by atoms with E-state index >= 15 is 0 Å². The molecule has 0 aliphatic heterocycles. The summed E-state index contributed by atoms with van der Waals surface area (Å²) in [4.78, 5) is 25.0. The van der Waals surface area contributed by atoms with Crippen LogP contribution in [0, 0.1) is 0 Å². The first-order chi connectivity index (χ1) is 14.1. The molecule has 0 atom stereocenters. The van der Waals surface area contributed by atoms with E-state index in [0.717, 1.165) is 5.69 Å². The molecule has 0 spiro atoms. The van der Waals surface area contributed by atoms with Gasteiger partial charge in [-0.05, 0) is 42.5 Å². The lowest BCUT2D eigenvalue weighted by Crippen LogP contribution is -2.21. The summed E-state index contributed by atoms with van der Waals surface area (Å²) < 4.78 is 8.73. The van der Waals surface area contributed by atoms with Crippen LogP contribution in [0.4, 0.5) is 11.4 Å². The molecule has 3 aromatic rings. The van der Waals surface area contributed by atoms with Crippen LogP contribution in [-0.2, 0) is 4.79 Å². The molecule has 0 radical (unpaired) electrons. The zero-order chi connectivity index (χ0) is 20.6. The molecule has 0 aliphatic carbocycles. The van der Waals surface area contributed by atoms with Gasteiger partial charge in [-0.25, -0.2) is 0 Å². The quantitative estimate of drug-likeness (QED) is 0.379. The van der Waals surface area contributed by atoms with Gasteiger partial charge in [0.15, 0.2) is 12.4 Å². The smallest absolute Gasteiger partial charge is 0.262 e. The maximum absolute atomic E-state index is 12.8. The van der Waals surface area contributed by atoms with Gasteiger partial charge >= 0.3 is 0 Å². The fraction of sp³-hybridized carbons (Fsp3) is 0.0909. The molecule has 2 N–H and O–H groups in total. The zero-order valence-electron chi connectivity index (χ0n) is 15.6. The number of carbonyl (C=O) groups is 2. The van der Waals surface area contributed by atoms with Crippen molar-refractivity contribution in [3.8, 4) is 5.75 Å². The summed E-state index contributed by atoms with van der Waals surface area (Å²) in [5, 5.41) is 3.18. The standard InChI is InChI=1S/C22H19ClN2O3S/c1-29-25-18-10-8-17(9-11-18)24-21(26)14-28-20-12-7-16(23)13-19(20)22(27)15-5-3-2-4-6-15/h2-13,25H,14H2,1H3,(H,24,26). The Labute approximate surface area is 178 Å². The SMILES string of the molecule is CSNc1ccc(NC(=O)COc2ccc(Cl)cc2C(=O)c2ccccc2)cc1. The molecule has 148 valence electrons. The van der Waals surface area contributed by atoms with Crippen molar-refractivity contribution >= 4 is 46.6 Å². The van der Waals surface area contributed by atoms with Gasteiger partial charge in [0.2, 0.25) is 0 Å². The minimum absolute atomic E-state index is 0.222. The highest BCUT2D eigenvalue weighted by atomic mass is 35.5. The summed E-state index contributed by atoms with van der Waals surface area (Å²) in [6, 6.07) is 20.9. The minimum atomic E-state index is -0.330. The molecule has 0 aliphatic rings. The second kappa shape index (κ2) is 10.0. The highest BCUT2D eigenvalue weighted by molar-refractivity contribution is 7.99.